The van der Waals surface area contributed by atoms with Crippen molar-refractivity contribution in [3.8, 4) is 24.3 Å². The highest BCUT2D eigenvalue weighted by atomic mass is 14.9. The number of nitriles is 4. The summed E-state index contributed by atoms with van der Waals surface area (Å²) in [7, 11) is 0. The van der Waals surface area contributed by atoms with Crippen LogP contribution >= 0.6 is 0 Å². The first-order valence-electron chi connectivity index (χ1n) is 7.98. The van der Waals surface area contributed by atoms with Gasteiger partial charge in [-0.15, -0.1) is 0 Å². The van der Waals surface area contributed by atoms with E-state index in [1.165, 1.54) is 0 Å². The Balaban J connectivity index is 2.41. The molecule has 0 fully saturated rings. The quantitative estimate of drug-likeness (QED) is 0.366. The summed E-state index contributed by atoms with van der Waals surface area (Å²) in [6, 6.07) is 7.24. The van der Waals surface area contributed by atoms with Crippen LogP contribution in [-0.4, -0.2) is 42.3 Å². The third kappa shape index (κ3) is 2.36. The van der Waals surface area contributed by atoms with Gasteiger partial charge in [0.25, 0.3) is 0 Å². The van der Waals surface area contributed by atoms with Crippen molar-refractivity contribution in [1.29, 1.82) is 31.9 Å². The molecule has 0 bridgehead atoms. The number of rotatable bonds is 2. The zero-order valence-electron chi connectivity index (χ0n) is 14.6. The maximum atomic E-state index is 9.35. The highest BCUT2D eigenvalue weighted by Gasteiger charge is 2.22. The van der Waals surface area contributed by atoms with Gasteiger partial charge < -0.3 is 10.8 Å². The number of aromatic nitrogens is 6. The molecule has 0 radical (unpaired) electrons. The van der Waals surface area contributed by atoms with Gasteiger partial charge in [-0.2, -0.15) is 21.0 Å². The SMILES string of the molecule is N#Cc1nc2c(nc1C#N)c1nc(C=N)c(C#N)nc1c1nc(C=N)c(C#N)nc21. The van der Waals surface area contributed by atoms with E-state index in [1.807, 2.05) is 12.1 Å². The standard InChI is InChI=1S/C18H4N12/c19-1-7-8(2-20)26-14-13(25-7)15-17(29-10(4-22)9(3-21)27-15)18-16(14)28-11(5-23)12(6-24)30-18/h1,4,19,22H. The Bertz CT molecular complexity index is 1580. The van der Waals surface area contributed by atoms with E-state index >= 15 is 0 Å². The van der Waals surface area contributed by atoms with Gasteiger partial charge in [0, 0.05) is 12.4 Å². The van der Waals surface area contributed by atoms with Crippen LogP contribution in [0, 0.1) is 56.1 Å². The molecule has 0 saturated carbocycles. The van der Waals surface area contributed by atoms with Crippen molar-refractivity contribution in [3.05, 3.63) is 34.2 Å². The number of hydrogen-bond donors (Lipinski definition) is 2. The molecule has 4 rings (SSSR count). The molecular formula is C18H4N12. The summed E-state index contributed by atoms with van der Waals surface area (Å²) in [5.74, 6) is 0. The van der Waals surface area contributed by atoms with Crippen molar-refractivity contribution in [2.24, 2.45) is 0 Å². The molecule has 2 N–H and O–H groups in total. The Kier molecular flexibility index (Phi) is 3.95. The van der Waals surface area contributed by atoms with Gasteiger partial charge in [-0.3, -0.25) is 0 Å². The molecule has 0 aliphatic heterocycles. The van der Waals surface area contributed by atoms with Gasteiger partial charge in [0.05, 0.1) is 0 Å². The molecule has 0 unspecified atom stereocenters. The van der Waals surface area contributed by atoms with E-state index in [0.29, 0.717) is 0 Å². The molecule has 3 aromatic heterocycles. The van der Waals surface area contributed by atoms with Crippen LogP contribution in [-0.2, 0) is 0 Å². The Morgan fingerprint density at radius 2 is 0.733 bits per heavy atom. The topological polar surface area (TPSA) is 220 Å². The summed E-state index contributed by atoms with van der Waals surface area (Å²) < 4.78 is 0. The van der Waals surface area contributed by atoms with Crippen LogP contribution in [0.5, 0.6) is 0 Å². The van der Waals surface area contributed by atoms with E-state index in [0.717, 1.165) is 12.4 Å². The molecule has 1 aromatic carbocycles. The first kappa shape index (κ1) is 17.9. The smallest absolute Gasteiger partial charge is 0.177 e. The van der Waals surface area contributed by atoms with Crippen LogP contribution in [0.15, 0.2) is 0 Å². The molecule has 0 spiro atoms. The molecule has 136 valence electrons. The van der Waals surface area contributed by atoms with Crippen molar-refractivity contribution in [2.75, 3.05) is 0 Å². The second-order valence-corrected chi connectivity index (χ2v) is 5.66. The fourth-order valence-corrected chi connectivity index (χ4v) is 2.84. The van der Waals surface area contributed by atoms with Crippen LogP contribution in [0.4, 0.5) is 0 Å². The largest absolute Gasteiger partial charge is 0.306 e. The highest BCUT2D eigenvalue weighted by molar-refractivity contribution is 6.18. The van der Waals surface area contributed by atoms with E-state index in [4.69, 9.17) is 10.8 Å². The van der Waals surface area contributed by atoms with Crippen molar-refractivity contribution >= 4 is 45.5 Å². The Labute approximate surface area is 166 Å². The van der Waals surface area contributed by atoms with E-state index in [-0.39, 0.29) is 67.3 Å². The number of hydrogen-bond acceptors (Lipinski definition) is 12. The summed E-state index contributed by atoms with van der Waals surface area (Å²) in [5.41, 5.74) is -0.511. The third-order valence-corrected chi connectivity index (χ3v) is 4.11. The Morgan fingerprint density at radius 1 is 0.467 bits per heavy atom. The average Bonchev–Trinajstić information content (AvgIpc) is 2.81. The lowest BCUT2D eigenvalue weighted by Crippen LogP contribution is -2.06. The van der Waals surface area contributed by atoms with Gasteiger partial charge >= 0.3 is 0 Å². The van der Waals surface area contributed by atoms with Gasteiger partial charge in [-0.1, -0.05) is 0 Å². The van der Waals surface area contributed by atoms with Crippen LogP contribution in [0.1, 0.15) is 34.2 Å². The van der Waals surface area contributed by atoms with Crippen LogP contribution in [0.25, 0.3) is 33.1 Å². The van der Waals surface area contributed by atoms with E-state index in [2.05, 4.69) is 29.9 Å². The van der Waals surface area contributed by atoms with Crippen molar-refractivity contribution in [2.45, 2.75) is 0 Å². The maximum absolute atomic E-state index is 9.35. The summed E-state index contributed by atoms with van der Waals surface area (Å²) in [5, 5.41) is 52.3. The summed E-state index contributed by atoms with van der Waals surface area (Å²) in [6.07, 6.45) is 1.69. The predicted molar refractivity (Wildman–Crippen MR) is 100 cm³/mol. The third-order valence-electron chi connectivity index (χ3n) is 4.11. The lowest BCUT2D eigenvalue weighted by atomic mass is 10.1. The molecule has 4 aromatic rings. The second-order valence-electron chi connectivity index (χ2n) is 5.66. The van der Waals surface area contributed by atoms with Gasteiger partial charge in [0.15, 0.2) is 22.8 Å². The molecule has 12 nitrogen and oxygen atoms in total. The van der Waals surface area contributed by atoms with Gasteiger partial charge in [0.2, 0.25) is 0 Å². The molecule has 0 amide bonds. The van der Waals surface area contributed by atoms with Gasteiger partial charge in [-0.25, -0.2) is 29.9 Å². The molecule has 0 atom stereocenters. The van der Waals surface area contributed by atoms with E-state index in [9.17, 15) is 21.0 Å². The molecular weight excluding hydrogens is 384 g/mol. The molecule has 0 aliphatic rings. The lowest BCUT2D eigenvalue weighted by molar-refractivity contribution is 1.17. The predicted octanol–water partition coefficient (Wildman–Crippen LogP) is 0.998. The molecule has 0 saturated heterocycles. The fraction of sp³-hybridized carbons (Fsp3) is 0. The van der Waals surface area contributed by atoms with Crippen LogP contribution in [0.2, 0.25) is 0 Å². The zero-order chi connectivity index (χ0) is 21.4. The fourth-order valence-electron chi connectivity index (χ4n) is 2.84. The first-order chi connectivity index (χ1) is 14.6. The highest BCUT2D eigenvalue weighted by Crippen LogP contribution is 2.30. The summed E-state index contributed by atoms with van der Waals surface area (Å²) >= 11 is 0. The van der Waals surface area contributed by atoms with Crippen LogP contribution < -0.4 is 0 Å². The summed E-state index contributed by atoms with van der Waals surface area (Å²) in [6.45, 7) is 0. The van der Waals surface area contributed by atoms with Gasteiger partial charge in [-0.05, 0) is 0 Å². The monoisotopic (exact) mass is 388 g/mol. The number of nitrogens with one attached hydrogen (secondary N) is 2. The van der Waals surface area contributed by atoms with Crippen LogP contribution in [0.3, 0.4) is 0 Å². The van der Waals surface area contributed by atoms with Gasteiger partial charge in [0.1, 0.15) is 68.8 Å². The lowest BCUT2D eigenvalue weighted by Gasteiger charge is -2.09. The minimum absolute atomic E-state index is 0.0378. The summed E-state index contributed by atoms with van der Waals surface area (Å²) in [4.78, 5) is 25.3. The molecule has 0 aliphatic carbocycles. The van der Waals surface area contributed by atoms with E-state index in [1.54, 1.807) is 12.1 Å². The minimum atomic E-state index is -0.254. The Morgan fingerprint density at radius 3 is 1.00 bits per heavy atom. The molecule has 30 heavy (non-hydrogen) atoms. The first-order valence-corrected chi connectivity index (χ1v) is 7.98. The maximum Gasteiger partial charge on any atom is 0.177 e. The van der Waals surface area contributed by atoms with E-state index < -0.39 is 0 Å². The zero-order valence-corrected chi connectivity index (χ0v) is 14.6. The number of benzene rings is 1. The normalized spacial score (nSPS) is 10.1. The van der Waals surface area contributed by atoms with Crippen molar-refractivity contribution in [3.63, 3.8) is 0 Å². The molecule has 3 heterocycles. The minimum Gasteiger partial charge on any atom is -0.306 e. The van der Waals surface area contributed by atoms with Crippen molar-refractivity contribution < 1.29 is 0 Å². The Hall–Kier alpha value is -5.46. The number of fused-ring (bicyclic) bond motifs is 6. The number of nitrogens with zero attached hydrogens (tertiary/aromatic N) is 10. The average molecular weight is 388 g/mol. The molecule has 12 heteroatoms. The van der Waals surface area contributed by atoms with Crippen molar-refractivity contribution in [1.82, 2.24) is 29.9 Å². The second kappa shape index (κ2) is 6.61.